The van der Waals surface area contributed by atoms with E-state index >= 15 is 0 Å². The Hall–Kier alpha value is -3.08. The summed E-state index contributed by atoms with van der Waals surface area (Å²) in [4.78, 5) is 23.1. The van der Waals surface area contributed by atoms with Gasteiger partial charge < -0.3 is 15.4 Å². The molecule has 0 unspecified atom stereocenters. The van der Waals surface area contributed by atoms with Crippen molar-refractivity contribution in [2.75, 3.05) is 18.5 Å². The van der Waals surface area contributed by atoms with Gasteiger partial charge in [0.2, 0.25) is 5.91 Å². The number of rotatable bonds is 8. The molecule has 2 N–H and O–H groups in total. The summed E-state index contributed by atoms with van der Waals surface area (Å²) in [6.07, 6.45) is 3.08. The summed E-state index contributed by atoms with van der Waals surface area (Å²) in [7, 11) is 0. The van der Waals surface area contributed by atoms with Gasteiger partial charge in [0.1, 0.15) is 0 Å². The molecule has 0 aliphatic rings. The Morgan fingerprint density at radius 3 is 2.44 bits per heavy atom. The number of hydrogen-bond acceptors (Lipinski definition) is 4. The predicted octanol–water partition coefficient (Wildman–Crippen LogP) is 2.99. The molecule has 0 bridgehead atoms. The average Bonchev–Trinajstić information content (AvgIpc) is 2.65. The average molecular weight is 338 g/mol. The summed E-state index contributed by atoms with van der Waals surface area (Å²) in [5.41, 5.74) is 2.78. The van der Waals surface area contributed by atoms with Gasteiger partial charge in [-0.05, 0) is 36.3 Å². The first-order valence-corrected chi connectivity index (χ1v) is 8.17. The number of ether oxygens (including phenoxy) is 1. The molecule has 0 atom stereocenters. The van der Waals surface area contributed by atoms with Crippen molar-refractivity contribution in [2.24, 2.45) is 0 Å². The first-order chi connectivity index (χ1) is 12.2. The summed E-state index contributed by atoms with van der Waals surface area (Å²) in [5.74, 6) is -0.435. The highest BCUT2D eigenvalue weighted by molar-refractivity contribution is 5.87. The fourth-order valence-electron chi connectivity index (χ4n) is 2.11. The Kier molecular flexibility index (Phi) is 7.25. The van der Waals surface area contributed by atoms with Gasteiger partial charge in [0.25, 0.3) is 0 Å². The summed E-state index contributed by atoms with van der Waals surface area (Å²) in [5, 5.41) is 5.93. The molecule has 0 aromatic heterocycles. The molecule has 5 nitrogen and oxygen atoms in total. The van der Waals surface area contributed by atoms with Crippen LogP contribution in [0.1, 0.15) is 18.1 Å². The molecule has 130 valence electrons. The van der Waals surface area contributed by atoms with Crippen LogP contribution in [0.3, 0.4) is 0 Å². The molecule has 2 aromatic carbocycles. The van der Waals surface area contributed by atoms with E-state index in [2.05, 4.69) is 10.6 Å². The van der Waals surface area contributed by atoms with Crippen molar-refractivity contribution in [3.8, 4) is 0 Å². The van der Waals surface area contributed by atoms with Gasteiger partial charge in [-0.25, -0.2) is 4.79 Å². The van der Waals surface area contributed by atoms with Gasteiger partial charge in [0.15, 0.2) is 0 Å². The van der Waals surface area contributed by atoms with Crippen LogP contribution in [0.15, 0.2) is 60.7 Å². The van der Waals surface area contributed by atoms with Gasteiger partial charge in [-0.1, -0.05) is 42.5 Å². The normalized spacial score (nSPS) is 10.4. The molecule has 0 aliphatic carbocycles. The zero-order valence-corrected chi connectivity index (χ0v) is 14.2. The third kappa shape index (κ3) is 6.91. The van der Waals surface area contributed by atoms with Gasteiger partial charge in [-0.15, -0.1) is 0 Å². The number of carbonyl (C=O) groups excluding carboxylic acids is 2. The maximum Gasteiger partial charge on any atom is 0.330 e. The van der Waals surface area contributed by atoms with Crippen LogP contribution in [0.4, 0.5) is 5.69 Å². The monoisotopic (exact) mass is 338 g/mol. The van der Waals surface area contributed by atoms with E-state index in [0.717, 1.165) is 16.8 Å². The molecule has 5 heteroatoms. The maximum atomic E-state index is 11.9. The largest absolute Gasteiger partial charge is 0.463 e. The van der Waals surface area contributed by atoms with Crippen LogP contribution in [0, 0.1) is 0 Å². The first-order valence-electron chi connectivity index (χ1n) is 8.17. The number of esters is 1. The fourth-order valence-corrected chi connectivity index (χ4v) is 2.11. The highest BCUT2D eigenvalue weighted by Gasteiger charge is 2.01. The number of nitrogens with one attached hydrogen (secondary N) is 2. The molecular formula is C20H22N2O3. The van der Waals surface area contributed by atoms with Gasteiger partial charge in [-0.2, -0.15) is 0 Å². The Balaban J connectivity index is 1.75. The van der Waals surface area contributed by atoms with Crippen LogP contribution < -0.4 is 10.6 Å². The molecule has 2 rings (SSSR count). The molecular weight excluding hydrogens is 316 g/mol. The molecule has 1 amide bonds. The fraction of sp³-hybridized carbons (Fsp3) is 0.200. The number of carbonyl (C=O) groups is 2. The maximum absolute atomic E-state index is 11.9. The lowest BCUT2D eigenvalue weighted by Crippen LogP contribution is -2.29. The zero-order chi connectivity index (χ0) is 17.9. The second-order valence-electron chi connectivity index (χ2n) is 5.32. The van der Waals surface area contributed by atoms with Gasteiger partial charge in [0, 0.05) is 18.3 Å². The van der Waals surface area contributed by atoms with Crippen LogP contribution in [0.5, 0.6) is 0 Å². The summed E-state index contributed by atoms with van der Waals surface area (Å²) in [6.45, 7) is 2.84. The van der Waals surface area contributed by atoms with E-state index < -0.39 is 0 Å². The van der Waals surface area contributed by atoms with E-state index in [4.69, 9.17) is 4.74 Å². The minimum atomic E-state index is -0.361. The van der Waals surface area contributed by atoms with E-state index in [9.17, 15) is 9.59 Å². The third-order valence-electron chi connectivity index (χ3n) is 3.39. The van der Waals surface area contributed by atoms with Gasteiger partial charge >= 0.3 is 5.97 Å². The Morgan fingerprint density at radius 2 is 1.76 bits per heavy atom. The van der Waals surface area contributed by atoms with E-state index in [1.165, 1.54) is 6.08 Å². The van der Waals surface area contributed by atoms with Crippen molar-refractivity contribution in [3.05, 3.63) is 71.8 Å². The highest BCUT2D eigenvalue weighted by atomic mass is 16.5. The Morgan fingerprint density at radius 1 is 1.04 bits per heavy atom. The van der Waals surface area contributed by atoms with Gasteiger partial charge in [-0.3, -0.25) is 4.79 Å². The minimum absolute atomic E-state index is 0.0739. The van der Waals surface area contributed by atoms with E-state index in [1.54, 1.807) is 13.0 Å². The smallest absolute Gasteiger partial charge is 0.330 e. The third-order valence-corrected chi connectivity index (χ3v) is 3.39. The summed E-state index contributed by atoms with van der Waals surface area (Å²) in [6, 6.07) is 17.2. The Labute approximate surface area is 147 Å². The number of amides is 1. The highest BCUT2D eigenvalue weighted by Crippen LogP contribution is 2.10. The zero-order valence-electron chi connectivity index (χ0n) is 14.2. The lowest BCUT2D eigenvalue weighted by atomic mass is 10.2. The molecule has 0 radical (unpaired) electrons. The minimum Gasteiger partial charge on any atom is -0.463 e. The van der Waals surface area contributed by atoms with Crippen molar-refractivity contribution in [2.45, 2.75) is 13.5 Å². The van der Waals surface area contributed by atoms with Crippen molar-refractivity contribution >= 4 is 23.6 Å². The van der Waals surface area contributed by atoms with Crippen LogP contribution in [-0.2, 0) is 20.9 Å². The molecule has 0 heterocycles. The Bertz CT molecular complexity index is 709. The SMILES string of the molecule is CCOC(=O)/C=C/c1ccc(NCC(=O)NCc2ccccc2)cc1. The van der Waals surface area contributed by atoms with Crippen LogP contribution >= 0.6 is 0 Å². The lowest BCUT2D eigenvalue weighted by Gasteiger charge is -2.08. The molecule has 0 saturated heterocycles. The topological polar surface area (TPSA) is 67.4 Å². The van der Waals surface area contributed by atoms with Crippen LogP contribution in [0.2, 0.25) is 0 Å². The summed E-state index contributed by atoms with van der Waals surface area (Å²) < 4.78 is 4.82. The number of hydrogen-bond donors (Lipinski definition) is 2. The van der Waals surface area contributed by atoms with Crippen molar-refractivity contribution in [1.29, 1.82) is 0 Å². The standard InChI is InChI=1S/C20H22N2O3/c1-2-25-20(24)13-10-16-8-11-18(12-9-16)21-15-19(23)22-14-17-6-4-3-5-7-17/h3-13,21H,2,14-15H2,1H3,(H,22,23)/b13-10+. The van der Waals surface area contributed by atoms with Crippen molar-refractivity contribution in [1.82, 2.24) is 5.32 Å². The van der Waals surface area contributed by atoms with Crippen molar-refractivity contribution in [3.63, 3.8) is 0 Å². The molecule has 0 spiro atoms. The summed E-state index contributed by atoms with van der Waals surface area (Å²) >= 11 is 0. The predicted molar refractivity (Wildman–Crippen MR) is 98.9 cm³/mol. The van der Waals surface area contributed by atoms with Crippen molar-refractivity contribution < 1.29 is 14.3 Å². The quantitative estimate of drug-likeness (QED) is 0.573. The molecule has 0 saturated carbocycles. The van der Waals surface area contributed by atoms with E-state index in [0.29, 0.717) is 13.2 Å². The molecule has 0 aliphatic heterocycles. The second kappa shape index (κ2) is 9.93. The van der Waals surface area contributed by atoms with Gasteiger partial charge in [0.05, 0.1) is 13.2 Å². The lowest BCUT2D eigenvalue weighted by molar-refractivity contribution is -0.137. The number of anilines is 1. The molecule has 0 fully saturated rings. The number of benzene rings is 2. The van der Waals surface area contributed by atoms with Crippen LogP contribution in [0.25, 0.3) is 6.08 Å². The van der Waals surface area contributed by atoms with Crippen LogP contribution in [-0.4, -0.2) is 25.0 Å². The van der Waals surface area contributed by atoms with E-state index in [-0.39, 0.29) is 18.4 Å². The molecule has 25 heavy (non-hydrogen) atoms. The first kappa shape index (κ1) is 18.3. The second-order valence-corrected chi connectivity index (χ2v) is 5.32. The van der Waals surface area contributed by atoms with E-state index in [1.807, 2.05) is 54.6 Å². The molecule has 2 aromatic rings.